The van der Waals surface area contributed by atoms with E-state index in [-0.39, 0.29) is 0 Å². The van der Waals surface area contributed by atoms with Gasteiger partial charge < -0.3 is 9.47 Å². The van der Waals surface area contributed by atoms with Crippen molar-refractivity contribution in [1.82, 2.24) is 25.0 Å². The minimum absolute atomic E-state index is 0.444. The van der Waals surface area contributed by atoms with Crippen LogP contribution in [0, 0.1) is 0 Å². The van der Waals surface area contributed by atoms with Gasteiger partial charge in [0.25, 0.3) is 5.88 Å². The molecule has 118 valence electrons. The molecule has 0 saturated heterocycles. The Balaban J connectivity index is 2.10. The van der Waals surface area contributed by atoms with Gasteiger partial charge in [0, 0.05) is 22.8 Å². The summed E-state index contributed by atoms with van der Waals surface area (Å²) in [7, 11) is 1.55. The Morgan fingerprint density at radius 2 is 2.09 bits per heavy atom. The molecule has 3 aromatic rings. The van der Waals surface area contributed by atoms with Gasteiger partial charge in [0.15, 0.2) is 5.82 Å². The molecule has 1 aromatic carbocycles. The van der Waals surface area contributed by atoms with Gasteiger partial charge in [0.1, 0.15) is 0 Å². The van der Waals surface area contributed by atoms with Crippen molar-refractivity contribution in [2.45, 2.75) is 6.92 Å². The summed E-state index contributed by atoms with van der Waals surface area (Å²) in [5, 5.41) is 8.61. The number of benzene rings is 1. The summed E-state index contributed by atoms with van der Waals surface area (Å²) < 4.78 is 12.1. The van der Waals surface area contributed by atoms with Crippen LogP contribution in [0.2, 0.25) is 5.02 Å². The topological polar surface area (TPSA) is 75.0 Å². The molecule has 0 spiro atoms. The lowest BCUT2D eigenvalue weighted by atomic mass is 10.1. The molecule has 0 radical (unpaired) electrons. The number of hydrogen-bond acceptors (Lipinski definition) is 6. The van der Waals surface area contributed by atoms with Gasteiger partial charge in [-0.15, -0.1) is 0 Å². The third-order valence-electron chi connectivity index (χ3n) is 3.05. The molecule has 0 aliphatic carbocycles. The van der Waals surface area contributed by atoms with Crippen molar-refractivity contribution < 1.29 is 9.47 Å². The van der Waals surface area contributed by atoms with Gasteiger partial charge in [-0.05, 0) is 25.1 Å². The monoisotopic (exact) mass is 331 g/mol. The molecule has 8 heteroatoms. The van der Waals surface area contributed by atoms with E-state index in [0.717, 1.165) is 5.69 Å². The largest absolute Gasteiger partial charge is 0.481 e. The van der Waals surface area contributed by atoms with Gasteiger partial charge in [-0.25, -0.2) is 9.67 Å². The summed E-state index contributed by atoms with van der Waals surface area (Å²) >= 11 is 6.13. The number of hydrogen-bond donors (Lipinski definition) is 0. The predicted octanol–water partition coefficient (Wildman–Crippen LogP) is 2.79. The summed E-state index contributed by atoms with van der Waals surface area (Å²) in [6.07, 6.45) is 3.31. The van der Waals surface area contributed by atoms with Crippen LogP contribution in [-0.4, -0.2) is 38.7 Å². The zero-order chi connectivity index (χ0) is 16.2. The van der Waals surface area contributed by atoms with E-state index in [0.29, 0.717) is 34.8 Å². The molecule has 23 heavy (non-hydrogen) atoms. The second-order valence-corrected chi connectivity index (χ2v) is 4.95. The molecule has 0 atom stereocenters. The van der Waals surface area contributed by atoms with E-state index < -0.39 is 0 Å². The molecule has 0 N–H and O–H groups in total. The Hall–Kier alpha value is -2.67. The maximum Gasteiger partial charge on any atom is 0.253 e. The van der Waals surface area contributed by atoms with Crippen LogP contribution in [0.15, 0.2) is 36.7 Å². The van der Waals surface area contributed by atoms with Crippen molar-refractivity contribution >= 4 is 11.6 Å². The minimum atomic E-state index is 0.444. The zero-order valence-corrected chi connectivity index (χ0v) is 13.4. The molecule has 0 amide bonds. The molecule has 7 nitrogen and oxygen atoms in total. The fourth-order valence-electron chi connectivity index (χ4n) is 2.05. The van der Waals surface area contributed by atoms with Crippen LogP contribution in [0.4, 0.5) is 0 Å². The summed E-state index contributed by atoms with van der Waals surface area (Å²) in [5.41, 5.74) is 1.45. The smallest absolute Gasteiger partial charge is 0.253 e. The minimum Gasteiger partial charge on any atom is -0.481 e. The molecule has 0 aliphatic rings. The molecule has 2 heterocycles. The lowest BCUT2D eigenvalue weighted by molar-refractivity contribution is 0.326. The average molecular weight is 332 g/mol. The van der Waals surface area contributed by atoms with Crippen LogP contribution < -0.4 is 9.47 Å². The van der Waals surface area contributed by atoms with Crippen molar-refractivity contribution in [1.29, 1.82) is 0 Å². The fraction of sp³-hybridized carbons (Fsp3) is 0.200. The summed E-state index contributed by atoms with van der Waals surface area (Å²) in [5.74, 6) is 1.39. The number of rotatable bonds is 5. The Labute approximate surface area is 137 Å². The lowest BCUT2D eigenvalue weighted by Gasteiger charge is -2.09. The van der Waals surface area contributed by atoms with E-state index in [4.69, 9.17) is 21.1 Å². The predicted molar refractivity (Wildman–Crippen MR) is 85.1 cm³/mol. The van der Waals surface area contributed by atoms with Crippen molar-refractivity contribution in [3.8, 4) is 28.8 Å². The standard InChI is InChI=1S/C15H14ClN5O2/c1-3-23-14-9-21(20-19-14)12-5-4-10(16)8-11(12)15-17-7-6-13(18-15)22-2/h4-9H,3H2,1-2H3. The summed E-state index contributed by atoms with van der Waals surface area (Å²) in [6.45, 7) is 2.40. The highest BCUT2D eigenvalue weighted by molar-refractivity contribution is 6.31. The van der Waals surface area contributed by atoms with Gasteiger partial charge >= 0.3 is 0 Å². The van der Waals surface area contributed by atoms with E-state index in [1.165, 1.54) is 0 Å². The molecule has 0 aliphatic heterocycles. The van der Waals surface area contributed by atoms with Crippen LogP contribution in [0.5, 0.6) is 11.8 Å². The Bertz CT molecular complexity index is 821. The van der Waals surface area contributed by atoms with Crippen molar-refractivity contribution in [2.75, 3.05) is 13.7 Å². The lowest BCUT2D eigenvalue weighted by Crippen LogP contribution is -2.01. The molecule has 0 bridgehead atoms. The number of aromatic nitrogens is 5. The first-order valence-corrected chi connectivity index (χ1v) is 7.31. The number of halogens is 1. The number of nitrogens with zero attached hydrogens (tertiary/aromatic N) is 5. The van der Waals surface area contributed by atoms with Crippen molar-refractivity contribution in [3.05, 3.63) is 41.7 Å². The van der Waals surface area contributed by atoms with Crippen LogP contribution in [0.3, 0.4) is 0 Å². The van der Waals surface area contributed by atoms with Crippen LogP contribution in [0.1, 0.15) is 6.92 Å². The van der Waals surface area contributed by atoms with Gasteiger partial charge in [0.05, 0.1) is 25.6 Å². The molecule has 0 saturated carbocycles. The first-order chi connectivity index (χ1) is 11.2. The first-order valence-electron chi connectivity index (χ1n) is 6.93. The maximum atomic E-state index is 6.13. The molecular weight excluding hydrogens is 318 g/mol. The first kappa shape index (κ1) is 15.2. The summed E-state index contributed by atoms with van der Waals surface area (Å²) in [4.78, 5) is 8.63. The van der Waals surface area contributed by atoms with Crippen LogP contribution in [0.25, 0.3) is 17.1 Å². The molecule has 0 fully saturated rings. The highest BCUT2D eigenvalue weighted by Crippen LogP contribution is 2.28. The second kappa shape index (κ2) is 6.62. The number of methoxy groups -OCH3 is 1. The SMILES string of the molecule is CCOc1cn(-c2ccc(Cl)cc2-c2nccc(OC)n2)nn1. The van der Waals surface area contributed by atoms with E-state index in [2.05, 4.69) is 20.3 Å². The van der Waals surface area contributed by atoms with E-state index in [1.54, 1.807) is 42.4 Å². The molecule has 2 aromatic heterocycles. The quantitative estimate of drug-likeness (QED) is 0.715. The van der Waals surface area contributed by atoms with Crippen molar-refractivity contribution in [2.24, 2.45) is 0 Å². The van der Waals surface area contributed by atoms with E-state index in [9.17, 15) is 0 Å². The molecule has 0 unspecified atom stereocenters. The highest BCUT2D eigenvalue weighted by atomic mass is 35.5. The molecule has 3 rings (SSSR count). The maximum absolute atomic E-state index is 6.13. The van der Waals surface area contributed by atoms with Crippen LogP contribution >= 0.6 is 11.6 Å². The van der Waals surface area contributed by atoms with Gasteiger partial charge in [0.2, 0.25) is 5.88 Å². The van der Waals surface area contributed by atoms with E-state index in [1.807, 2.05) is 13.0 Å². The Morgan fingerprint density at radius 1 is 1.22 bits per heavy atom. The fourth-order valence-corrected chi connectivity index (χ4v) is 2.23. The number of ether oxygens (including phenoxy) is 2. The van der Waals surface area contributed by atoms with Gasteiger partial charge in [-0.2, -0.15) is 4.98 Å². The van der Waals surface area contributed by atoms with Crippen molar-refractivity contribution in [3.63, 3.8) is 0 Å². The normalized spacial score (nSPS) is 10.6. The third-order valence-corrected chi connectivity index (χ3v) is 3.29. The Kier molecular flexibility index (Phi) is 4.38. The molecular formula is C15H14ClN5O2. The van der Waals surface area contributed by atoms with Crippen LogP contribution in [-0.2, 0) is 0 Å². The van der Waals surface area contributed by atoms with Gasteiger partial charge in [-0.1, -0.05) is 21.9 Å². The Morgan fingerprint density at radius 3 is 2.87 bits per heavy atom. The highest BCUT2D eigenvalue weighted by Gasteiger charge is 2.13. The average Bonchev–Trinajstić information content (AvgIpc) is 3.03. The van der Waals surface area contributed by atoms with E-state index >= 15 is 0 Å². The summed E-state index contributed by atoms with van der Waals surface area (Å²) in [6, 6.07) is 7.04. The zero-order valence-electron chi connectivity index (χ0n) is 12.6. The second-order valence-electron chi connectivity index (χ2n) is 4.52. The van der Waals surface area contributed by atoms with Gasteiger partial charge in [-0.3, -0.25) is 0 Å². The third kappa shape index (κ3) is 3.24.